The van der Waals surface area contributed by atoms with Crippen LogP contribution in [-0.4, -0.2) is 30.1 Å². The molecule has 1 amide bonds. The van der Waals surface area contributed by atoms with Crippen molar-refractivity contribution in [3.8, 4) is 5.75 Å². The van der Waals surface area contributed by atoms with Gasteiger partial charge in [-0.15, -0.1) is 0 Å². The van der Waals surface area contributed by atoms with Gasteiger partial charge in [0.2, 0.25) is 0 Å². The van der Waals surface area contributed by atoms with Crippen molar-refractivity contribution in [2.24, 2.45) is 5.92 Å². The van der Waals surface area contributed by atoms with Crippen molar-refractivity contribution in [3.63, 3.8) is 0 Å². The summed E-state index contributed by atoms with van der Waals surface area (Å²) in [6.07, 6.45) is 1.00. The van der Waals surface area contributed by atoms with Crippen LogP contribution in [0.2, 0.25) is 0 Å². The molecular weight excluding hydrogens is 246 g/mol. The Balaban J connectivity index is 2.59. The summed E-state index contributed by atoms with van der Waals surface area (Å²) < 4.78 is 5.03. The highest BCUT2D eigenvalue weighted by Crippen LogP contribution is 2.13. The predicted molar refractivity (Wildman–Crippen MR) is 71.4 cm³/mol. The van der Waals surface area contributed by atoms with Gasteiger partial charge in [0, 0.05) is 12.1 Å². The van der Waals surface area contributed by atoms with Gasteiger partial charge in [-0.2, -0.15) is 0 Å². The van der Waals surface area contributed by atoms with Crippen molar-refractivity contribution < 1.29 is 19.4 Å². The molecule has 0 saturated heterocycles. The van der Waals surface area contributed by atoms with Gasteiger partial charge in [-0.3, -0.25) is 4.79 Å². The fourth-order valence-corrected chi connectivity index (χ4v) is 1.39. The highest BCUT2D eigenvalue weighted by molar-refractivity contribution is 5.94. The number of ether oxygens (including phenoxy) is 1. The molecule has 0 fully saturated rings. The molecule has 1 aromatic rings. The molecular formula is C14H19NO4. The molecule has 0 heterocycles. The van der Waals surface area contributed by atoms with Gasteiger partial charge in [0.05, 0.1) is 0 Å². The van der Waals surface area contributed by atoms with Crippen LogP contribution in [0.5, 0.6) is 5.75 Å². The van der Waals surface area contributed by atoms with E-state index in [-0.39, 0.29) is 5.91 Å². The molecule has 2 N–H and O–H groups in total. The first-order valence-corrected chi connectivity index (χ1v) is 6.25. The van der Waals surface area contributed by atoms with Crippen molar-refractivity contribution in [1.82, 2.24) is 5.32 Å². The van der Waals surface area contributed by atoms with Crippen LogP contribution < -0.4 is 10.1 Å². The average molecular weight is 265 g/mol. The normalized spacial score (nSPS) is 11.7. The second kappa shape index (κ2) is 7.41. The molecule has 0 aliphatic rings. The SMILES string of the molecule is CCC(C)CNC(=O)c1cccc(OCC(=O)O)c1. The highest BCUT2D eigenvalue weighted by atomic mass is 16.5. The Kier molecular flexibility index (Phi) is 5.85. The third-order valence-electron chi connectivity index (χ3n) is 2.77. The van der Waals surface area contributed by atoms with Gasteiger partial charge in [-0.1, -0.05) is 26.3 Å². The summed E-state index contributed by atoms with van der Waals surface area (Å²) in [5.74, 6) is -0.429. The lowest BCUT2D eigenvalue weighted by molar-refractivity contribution is -0.139. The van der Waals surface area contributed by atoms with Gasteiger partial charge in [0.25, 0.3) is 5.91 Å². The summed E-state index contributed by atoms with van der Waals surface area (Å²) in [5, 5.41) is 11.4. The predicted octanol–water partition coefficient (Wildman–Crippen LogP) is 1.93. The van der Waals surface area contributed by atoms with E-state index >= 15 is 0 Å². The van der Waals surface area contributed by atoms with Crippen molar-refractivity contribution in [2.45, 2.75) is 20.3 Å². The molecule has 1 rings (SSSR count). The highest BCUT2D eigenvalue weighted by Gasteiger charge is 2.08. The zero-order valence-corrected chi connectivity index (χ0v) is 11.2. The van der Waals surface area contributed by atoms with Gasteiger partial charge in [0.1, 0.15) is 5.75 Å². The molecule has 5 nitrogen and oxygen atoms in total. The van der Waals surface area contributed by atoms with Crippen molar-refractivity contribution in [1.29, 1.82) is 0 Å². The number of rotatable bonds is 7. The number of carboxylic acid groups (broad SMARTS) is 1. The first-order chi connectivity index (χ1) is 9.02. The van der Waals surface area contributed by atoms with Crippen LogP contribution in [0.1, 0.15) is 30.6 Å². The van der Waals surface area contributed by atoms with Crippen molar-refractivity contribution in [2.75, 3.05) is 13.2 Å². The number of carbonyl (C=O) groups is 2. The lowest BCUT2D eigenvalue weighted by Gasteiger charge is -2.11. The van der Waals surface area contributed by atoms with Crippen molar-refractivity contribution >= 4 is 11.9 Å². The summed E-state index contributed by atoms with van der Waals surface area (Å²) in [5.41, 5.74) is 0.464. The standard InChI is InChI=1S/C14H19NO4/c1-3-10(2)8-15-14(18)11-5-4-6-12(7-11)19-9-13(16)17/h4-7,10H,3,8-9H2,1-2H3,(H,15,18)(H,16,17). The Hall–Kier alpha value is -2.04. The minimum absolute atomic E-state index is 0.180. The van der Waals surface area contributed by atoms with E-state index in [2.05, 4.69) is 19.2 Å². The Bertz CT molecular complexity index is 445. The zero-order valence-electron chi connectivity index (χ0n) is 11.2. The number of nitrogens with one attached hydrogen (secondary N) is 1. The van der Waals surface area contributed by atoms with E-state index in [1.54, 1.807) is 18.2 Å². The van der Waals surface area contributed by atoms with Crippen LogP contribution in [0.25, 0.3) is 0 Å². The maximum atomic E-state index is 11.9. The molecule has 1 atom stereocenters. The molecule has 0 radical (unpaired) electrons. The average Bonchev–Trinajstić information content (AvgIpc) is 2.42. The lowest BCUT2D eigenvalue weighted by Crippen LogP contribution is -2.28. The largest absolute Gasteiger partial charge is 0.482 e. The number of amides is 1. The van der Waals surface area contributed by atoms with E-state index in [0.717, 1.165) is 6.42 Å². The summed E-state index contributed by atoms with van der Waals surface area (Å²) in [6.45, 7) is 4.33. The lowest BCUT2D eigenvalue weighted by atomic mass is 10.1. The molecule has 0 aliphatic carbocycles. The quantitative estimate of drug-likeness (QED) is 0.789. The van der Waals surface area contributed by atoms with Gasteiger partial charge in [-0.05, 0) is 24.1 Å². The monoisotopic (exact) mass is 265 g/mol. The number of benzene rings is 1. The van der Waals surface area contributed by atoms with Gasteiger partial charge in [0.15, 0.2) is 6.61 Å². The van der Waals surface area contributed by atoms with Crippen molar-refractivity contribution in [3.05, 3.63) is 29.8 Å². The van der Waals surface area contributed by atoms with Gasteiger partial charge >= 0.3 is 5.97 Å². The fourth-order valence-electron chi connectivity index (χ4n) is 1.39. The van der Waals surface area contributed by atoms with E-state index < -0.39 is 12.6 Å². The first-order valence-electron chi connectivity index (χ1n) is 6.25. The Morgan fingerprint density at radius 2 is 2.16 bits per heavy atom. The molecule has 1 aromatic carbocycles. The van der Waals surface area contributed by atoms with E-state index in [9.17, 15) is 9.59 Å². The molecule has 19 heavy (non-hydrogen) atoms. The topological polar surface area (TPSA) is 75.6 Å². The second-order valence-electron chi connectivity index (χ2n) is 4.43. The van der Waals surface area contributed by atoms with E-state index in [0.29, 0.717) is 23.8 Å². The van der Waals surface area contributed by atoms with Crippen LogP contribution in [0, 0.1) is 5.92 Å². The summed E-state index contributed by atoms with van der Waals surface area (Å²) in [6, 6.07) is 6.48. The molecule has 1 unspecified atom stereocenters. The maximum absolute atomic E-state index is 11.9. The third-order valence-corrected chi connectivity index (χ3v) is 2.77. The number of aliphatic carboxylic acids is 1. The first kappa shape index (κ1) is 15.0. The zero-order chi connectivity index (χ0) is 14.3. The van der Waals surface area contributed by atoms with Crippen LogP contribution in [-0.2, 0) is 4.79 Å². The summed E-state index contributed by atoms with van der Waals surface area (Å²) in [7, 11) is 0. The van der Waals surface area contributed by atoms with E-state index in [1.165, 1.54) is 6.07 Å². The molecule has 0 aliphatic heterocycles. The Labute approximate surface area is 112 Å². The minimum Gasteiger partial charge on any atom is -0.482 e. The molecule has 0 aromatic heterocycles. The molecule has 0 spiro atoms. The third kappa shape index (κ3) is 5.42. The fraction of sp³-hybridized carbons (Fsp3) is 0.429. The molecule has 0 bridgehead atoms. The van der Waals surface area contributed by atoms with E-state index in [4.69, 9.17) is 9.84 Å². The number of carboxylic acids is 1. The maximum Gasteiger partial charge on any atom is 0.341 e. The van der Waals surface area contributed by atoms with Crippen LogP contribution >= 0.6 is 0 Å². The summed E-state index contributed by atoms with van der Waals surface area (Å²) in [4.78, 5) is 22.3. The van der Waals surface area contributed by atoms with Crippen LogP contribution in [0.4, 0.5) is 0 Å². The number of carbonyl (C=O) groups excluding carboxylic acids is 1. The van der Waals surface area contributed by atoms with Gasteiger partial charge in [-0.25, -0.2) is 4.79 Å². The molecule has 0 saturated carbocycles. The summed E-state index contributed by atoms with van der Waals surface area (Å²) >= 11 is 0. The van der Waals surface area contributed by atoms with Crippen LogP contribution in [0.15, 0.2) is 24.3 Å². The Morgan fingerprint density at radius 3 is 2.79 bits per heavy atom. The molecule has 104 valence electrons. The smallest absolute Gasteiger partial charge is 0.341 e. The second-order valence-corrected chi connectivity index (χ2v) is 4.43. The number of hydrogen-bond acceptors (Lipinski definition) is 3. The van der Waals surface area contributed by atoms with Gasteiger partial charge < -0.3 is 15.2 Å². The van der Waals surface area contributed by atoms with Crippen LogP contribution in [0.3, 0.4) is 0 Å². The Morgan fingerprint density at radius 1 is 1.42 bits per heavy atom. The number of hydrogen-bond donors (Lipinski definition) is 2. The minimum atomic E-state index is -1.05. The molecule has 5 heteroatoms. The van der Waals surface area contributed by atoms with E-state index in [1.807, 2.05) is 0 Å².